The first-order valence-electron chi connectivity index (χ1n) is 42.3. The Morgan fingerprint density at radius 2 is 0.331 bits per heavy atom. The van der Waals surface area contributed by atoms with Crippen molar-refractivity contribution in [3.63, 3.8) is 0 Å². The molecule has 0 bridgehead atoms. The number of hydrogen-bond donors (Lipinski definition) is 0. The minimum Gasteiger partial charge on any atom is -0.309 e. The Balaban J connectivity index is 0.000000143. The molecule has 24 aromatic rings. The zero-order valence-corrected chi connectivity index (χ0v) is 67.6. The number of pyridine rings is 1. The SMILES string of the molecule is c1ccc(-c2ccc(-c3cc(-c4ccccc4)nc(-c4ccc(-n5c6ccccc6c6cc(-c7ccc8c(c7)c7ccccc7n8-c7ccccc7)ccc65)cc4)n3)cc2)cc1.c1ccc(-c2ccc(-n3c4ccccc4c4cc(-c5ccc6c(c5)c5ccccc5n6-c5ccc(-c6cc(-c7ccccc7)nc(-c7ccccc7)c6)cc5)ccc43)cc2)cc1. The van der Waals surface area contributed by atoms with Crippen molar-refractivity contribution >= 4 is 87.2 Å². The van der Waals surface area contributed by atoms with Crippen LogP contribution in [0, 0.1) is 0 Å². The van der Waals surface area contributed by atoms with E-state index >= 15 is 0 Å². The van der Waals surface area contributed by atoms with E-state index in [2.05, 4.69) is 461 Å². The smallest absolute Gasteiger partial charge is 0.160 e. The number of hydrogen-bond acceptors (Lipinski definition) is 3. The summed E-state index contributed by atoms with van der Waals surface area (Å²) in [7, 11) is 0. The van der Waals surface area contributed by atoms with Crippen molar-refractivity contribution in [3.8, 4) is 135 Å². The number of benzene rings is 18. The Bertz CT molecular complexity index is 8080. The average Bonchev–Trinajstić information content (AvgIpc) is 1.59. The van der Waals surface area contributed by atoms with Gasteiger partial charge in [0, 0.05) is 93.7 Å². The molecule has 580 valence electrons. The van der Waals surface area contributed by atoms with E-state index in [9.17, 15) is 0 Å². The van der Waals surface area contributed by atoms with Gasteiger partial charge in [0.1, 0.15) is 0 Å². The van der Waals surface area contributed by atoms with Crippen LogP contribution in [0.2, 0.25) is 0 Å². The van der Waals surface area contributed by atoms with E-state index < -0.39 is 0 Å². The molecular weight excluding hydrogens is 1500 g/mol. The average molecular weight is 1580 g/mol. The molecule has 6 aromatic heterocycles. The van der Waals surface area contributed by atoms with Gasteiger partial charge in [-0.3, -0.25) is 0 Å². The normalized spacial score (nSPS) is 11.5. The van der Waals surface area contributed by atoms with E-state index in [1.54, 1.807) is 0 Å². The zero-order valence-electron chi connectivity index (χ0n) is 67.6. The van der Waals surface area contributed by atoms with Gasteiger partial charge in [0.25, 0.3) is 0 Å². The van der Waals surface area contributed by atoms with Crippen LogP contribution in [-0.4, -0.2) is 33.2 Å². The summed E-state index contributed by atoms with van der Waals surface area (Å²) in [5.41, 5.74) is 34.9. The molecule has 0 atom stereocenters. The topological polar surface area (TPSA) is 58.4 Å². The summed E-state index contributed by atoms with van der Waals surface area (Å²) >= 11 is 0. The quantitative estimate of drug-likeness (QED) is 0.109. The van der Waals surface area contributed by atoms with E-state index in [1.165, 1.54) is 121 Å². The molecule has 0 saturated heterocycles. The van der Waals surface area contributed by atoms with Gasteiger partial charge in [0.15, 0.2) is 5.82 Å². The molecule has 0 N–H and O–H groups in total. The zero-order chi connectivity index (χ0) is 82.0. The van der Waals surface area contributed by atoms with Crippen LogP contribution in [0.4, 0.5) is 0 Å². The molecular formula is C117H77N7. The van der Waals surface area contributed by atoms with Crippen LogP contribution in [0.25, 0.3) is 222 Å². The molecule has 0 aliphatic carbocycles. The molecule has 0 fully saturated rings. The van der Waals surface area contributed by atoms with E-state index in [4.69, 9.17) is 15.0 Å². The van der Waals surface area contributed by atoms with Gasteiger partial charge in [-0.15, -0.1) is 0 Å². The molecule has 124 heavy (non-hydrogen) atoms. The van der Waals surface area contributed by atoms with Crippen molar-refractivity contribution < 1.29 is 0 Å². The van der Waals surface area contributed by atoms with Gasteiger partial charge >= 0.3 is 0 Å². The Hall–Kier alpha value is -16.6. The van der Waals surface area contributed by atoms with Crippen LogP contribution < -0.4 is 0 Å². The summed E-state index contributed by atoms with van der Waals surface area (Å²) in [5.74, 6) is 0.691. The van der Waals surface area contributed by atoms with Gasteiger partial charge in [-0.05, 0) is 207 Å². The van der Waals surface area contributed by atoms with Crippen molar-refractivity contribution in [2.24, 2.45) is 0 Å². The highest BCUT2D eigenvalue weighted by molar-refractivity contribution is 6.15. The highest BCUT2D eigenvalue weighted by Crippen LogP contribution is 2.44. The second kappa shape index (κ2) is 31.0. The van der Waals surface area contributed by atoms with Gasteiger partial charge in [0.2, 0.25) is 0 Å². The molecule has 24 rings (SSSR count). The minimum atomic E-state index is 0.691. The maximum absolute atomic E-state index is 5.17. The van der Waals surface area contributed by atoms with Gasteiger partial charge < -0.3 is 18.3 Å². The summed E-state index contributed by atoms with van der Waals surface area (Å²) in [4.78, 5) is 15.4. The largest absolute Gasteiger partial charge is 0.309 e. The van der Waals surface area contributed by atoms with Crippen molar-refractivity contribution in [3.05, 3.63) is 467 Å². The van der Waals surface area contributed by atoms with Crippen molar-refractivity contribution in [1.29, 1.82) is 0 Å². The second-order valence-electron chi connectivity index (χ2n) is 31.8. The summed E-state index contributed by atoms with van der Waals surface area (Å²) in [6.45, 7) is 0. The van der Waals surface area contributed by atoms with Crippen LogP contribution in [0.1, 0.15) is 0 Å². The van der Waals surface area contributed by atoms with E-state index in [1.807, 2.05) is 24.3 Å². The number of aromatic nitrogens is 7. The molecule has 7 heteroatoms. The van der Waals surface area contributed by atoms with E-state index in [-0.39, 0.29) is 0 Å². The van der Waals surface area contributed by atoms with E-state index in [0.29, 0.717) is 5.82 Å². The molecule has 0 radical (unpaired) electrons. The van der Waals surface area contributed by atoms with Crippen LogP contribution in [0.3, 0.4) is 0 Å². The number of rotatable bonds is 14. The Labute approximate surface area is 717 Å². The predicted molar refractivity (Wildman–Crippen MR) is 518 cm³/mol. The van der Waals surface area contributed by atoms with Crippen molar-refractivity contribution in [2.75, 3.05) is 0 Å². The lowest BCUT2D eigenvalue weighted by Crippen LogP contribution is -1.97. The molecule has 0 saturated carbocycles. The Morgan fingerprint density at radius 3 is 0.653 bits per heavy atom. The molecule has 0 spiro atoms. The summed E-state index contributed by atoms with van der Waals surface area (Å²) in [5, 5.41) is 9.89. The maximum atomic E-state index is 5.17. The number of fused-ring (bicyclic) bond motifs is 12. The second-order valence-corrected chi connectivity index (χ2v) is 31.8. The van der Waals surface area contributed by atoms with Gasteiger partial charge in [-0.2, -0.15) is 0 Å². The summed E-state index contributed by atoms with van der Waals surface area (Å²) in [6, 6.07) is 167. The highest BCUT2D eigenvalue weighted by Gasteiger charge is 2.22. The Kier molecular flexibility index (Phi) is 18.1. The first-order valence-corrected chi connectivity index (χ1v) is 42.3. The highest BCUT2D eigenvalue weighted by atomic mass is 15.0. The lowest BCUT2D eigenvalue weighted by molar-refractivity contribution is 1.16. The molecule has 0 aliphatic rings. The summed E-state index contributed by atoms with van der Waals surface area (Å²) in [6.07, 6.45) is 0. The standard InChI is InChI=1S/C59H39N3.C58H38N4/c1-4-14-40(15-5-1)41-24-30-48(31-25-41)61-56-22-12-10-20-50(56)52-36-45(28-34-58(52)61)46-29-35-59-53(37-46)51-21-11-13-23-57(51)62(59)49-32-26-42(27-33-49)47-38-54(43-16-6-2-7-17-43)60-55(39-47)44-18-8-3-9-19-44;1-4-14-39(15-5-1)40-24-26-42(27-25-40)53-38-52(41-16-6-2-7-17-41)59-58(60-53)43-28-32-47(33-29-43)62-55-23-13-11-21-49(55)51-37-45(31-35-57(51)62)44-30-34-56-50(36-44)48-20-10-12-22-54(48)61(56)46-18-8-3-9-19-46/h1-39H;1-38H. The fraction of sp³-hybridized carbons (Fsp3) is 0. The fourth-order valence-corrected chi connectivity index (χ4v) is 18.5. The van der Waals surface area contributed by atoms with Gasteiger partial charge in [-0.25, -0.2) is 15.0 Å². The van der Waals surface area contributed by atoms with Crippen LogP contribution >= 0.6 is 0 Å². The van der Waals surface area contributed by atoms with Gasteiger partial charge in [0.05, 0.1) is 66.9 Å². The van der Waals surface area contributed by atoms with Crippen LogP contribution in [0.15, 0.2) is 467 Å². The molecule has 0 amide bonds. The van der Waals surface area contributed by atoms with Crippen LogP contribution in [-0.2, 0) is 0 Å². The lowest BCUT2D eigenvalue weighted by Gasteiger charge is -2.12. The van der Waals surface area contributed by atoms with Crippen molar-refractivity contribution in [1.82, 2.24) is 33.2 Å². The third kappa shape index (κ3) is 13.2. The third-order valence-electron chi connectivity index (χ3n) is 24.5. The number of para-hydroxylation sites is 5. The molecule has 0 unspecified atom stereocenters. The van der Waals surface area contributed by atoms with Crippen molar-refractivity contribution in [2.45, 2.75) is 0 Å². The first-order chi connectivity index (χ1) is 61.5. The fourth-order valence-electron chi connectivity index (χ4n) is 18.5. The molecule has 7 nitrogen and oxygen atoms in total. The van der Waals surface area contributed by atoms with Gasteiger partial charge in [-0.1, -0.05) is 315 Å². The maximum Gasteiger partial charge on any atom is 0.160 e. The molecule has 0 aliphatic heterocycles. The third-order valence-corrected chi connectivity index (χ3v) is 24.5. The summed E-state index contributed by atoms with van der Waals surface area (Å²) < 4.78 is 9.53. The van der Waals surface area contributed by atoms with Crippen LogP contribution in [0.5, 0.6) is 0 Å². The lowest BCUT2D eigenvalue weighted by atomic mass is 9.99. The monoisotopic (exact) mass is 1580 g/mol. The molecule has 18 aromatic carbocycles. The Morgan fingerprint density at radius 1 is 0.121 bits per heavy atom. The molecule has 6 heterocycles. The number of nitrogens with zero attached hydrogens (tertiary/aromatic N) is 7. The predicted octanol–water partition coefficient (Wildman–Crippen LogP) is 30.6. The first kappa shape index (κ1) is 72.6. The van der Waals surface area contributed by atoms with E-state index in [0.717, 1.165) is 95.5 Å². The minimum absolute atomic E-state index is 0.691.